The molecule has 0 bridgehead atoms. The van der Waals surface area contributed by atoms with Gasteiger partial charge in [0.2, 0.25) is 5.82 Å². The number of carbonyl (C=O) groups excluding carboxylic acids is 1. The number of benzene rings is 1. The molecule has 0 saturated carbocycles. The van der Waals surface area contributed by atoms with E-state index < -0.39 is 17.5 Å². The third kappa shape index (κ3) is 2.58. The van der Waals surface area contributed by atoms with E-state index >= 15 is 0 Å². The summed E-state index contributed by atoms with van der Waals surface area (Å²) in [6.45, 7) is 0. The van der Waals surface area contributed by atoms with Gasteiger partial charge in [-0.2, -0.15) is 4.39 Å². The highest BCUT2D eigenvalue weighted by Crippen LogP contribution is 2.33. The zero-order valence-corrected chi connectivity index (χ0v) is 12.5. The summed E-state index contributed by atoms with van der Waals surface area (Å²) in [5, 5.41) is 0. The minimum Gasteiger partial charge on any atom is -0.493 e. The zero-order valence-electron chi connectivity index (χ0n) is 12.5. The molecule has 0 unspecified atom stereocenters. The van der Waals surface area contributed by atoms with Crippen molar-refractivity contribution in [1.29, 1.82) is 0 Å². The summed E-state index contributed by atoms with van der Waals surface area (Å²) in [7, 11) is 1.24. The van der Waals surface area contributed by atoms with Crippen molar-refractivity contribution in [3.63, 3.8) is 0 Å². The first-order chi connectivity index (χ1) is 11.5. The summed E-state index contributed by atoms with van der Waals surface area (Å²) < 4.78 is 33.9. The van der Waals surface area contributed by atoms with Crippen molar-refractivity contribution < 1.29 is 18.3 Å². The first kappa shape index (κ1) is 15.6. The largest absolute Gasteiger partial charge is 0.493 e. The van der Waals surface area contributed by atoms with Crippen molar-refractivity contribution in [2.24, 2.45) is 5.73 Å². The molecule has 2 aromatic heterocycles. The smallest absolute Gasteiger partial charge is 0.267 e. The lowest BCUT2D eigenvalue weighted by Gasteiger charge is -2.12. The van der Waals surface area contributed by atoms with Gasteiger partial charge in [0.1, 0.15) is 11.5 Å². The predicted octanol–water partition coefficient (Wildman–Crippen LogP) is 2.32. The zero-order chi connectivity index (χ0) is 17.3. The Hall–Kier alpha value is -3.29. The Labute approximate surface area is 135 Å². The van der Waals surface area contributed by atoms with Crippen LogP contribution in [-0.4, -0.2) is 27.6 Å². The number of imidazole rings is 1. The molecule has 2 heterocycles. The number of carbonyl (C=O) groups is 1. The second-order valence-corrected chi connectivity index (χ2v) is 4.83. The molecule has 0 atom stereocenters. The van der Waals surface area contributed by atoms with Gasteiger partial charge in [-0.1, -0.05) is 0 Å². The van der Waals surface area contributed by atoms with Crippen LogP contribution in [0.3, 0.4) is 0 Å². The Balaban J connectivity index is 2.18. The fraction of sp³-hybridized carbons (Fsp3) is 0.0625. The number of ether oxygens (including phenoxy) is 1. The fourth-order valence-electron chi connectivity index (χ4n) is 2.32. The number of aromatic nitrogens is 3. The lowest BCUT2D eigenvalue weighted by atomic mass is 10.1. The summed E-state index contributed by atoms with van der Waals surface area (Å²) in [5.41, 5.74) is 6.11. The van der Waals surface area contributed by atoms with Crippen molar-refractivity contribution in [2.45, 2.75) is 0 Å². The molecule has 122 valence electrons. The van der Waals surface area contributed by atoms with E-state index in [2.05, 4.69) is 9.97 Å². The monoisotopic (exact) mass is 330 g/mol. The van der Waals surface area contributed by atoms with Gasteiger partial charge in [0.25, 0.3) is 5.91 Å². The number of halogens is 2. The number of nitrogens with two attached hydrogens (primary N) is 1. The van der Waals surface area contributed by atoms with Gasteiger partial charge >= 0.3 is 0 Å². The van der Waals surface area contributed by atoms with Crippen LogP contribution in [0.1, 0.15) is 10.5 Å². The van der Waals surface area contributed by atoms with E-state index in [-0.39, 0.29) is 17.0 Å². The molecule has 0 spiro atoms. The Kier molecular flexibility index (Phi) is 3.95. The maximum Gasteiger partial charge on any atom is 0.267 e. The van der Waals surface area contributed by atoms with Crippen LogP contribution in [0.2, 0.25) is 0 Å². The van der Waals surface area contributed by atoms with Crippen LogP contribution >= 0.6 is 0 Å². The highest BCUT2D eigenvalue weighted by molar-refractivity contribution is 5.91. The SMILES string of the molecule is COc1c(-c2nccn2-c2ccnc(C(N)=O)c2)ccc(F)c1F. The lowest BCUT2D eigenvalue weighted by molar-refractivity contribution is 0.0995. The van der Waals surface area contributed by atoms with E-state index in [1.54, 1.807) is 16.8 Å². The molecule has 0 saturated heterocycles. The molecule has 1 amide bonds. The molecule has 0 radical (unpaired) electrons. The number of amides is 1. The standard InChI is InChI=1S/C16H12F2N4O2/c1-24-14-10(2-3-11(17)13(14)18)16-21-6-7-22(16)9-4-5-20-12(8-9)15(19)23/h2-8H,1H3,(H2,19,23). The molecule has 0 aliphatic carbocycles. The molecule has 0 aliphatic rings. The van der Waals surface area contributed by atoms with Crippen LogP contribution in [0.25, 0.3) is 17.1 Å². The van der Waals surface area contributed by atoms with E-state index in [4.69, 9.17) is 10.5 Å². The quantitative estimate of drug-likeness (QED) is 0.796. The molecular formula is C16H12F2N4O2. The lowest BCUT2D eigenvalue weighted by Crippen LogP contribution is -2.13. The Morgan fingerprint density at radius 3 is 2.71 bits per heavy atom. The number of primary amides is 1. The van der Waals surface area contributed by atoms with Gasteiger partial charge in [-0.25, -0.2) is 9.37 Å². The number of hydrogen-bond donors (Lipinski definition) is 1. The number of nitrogens with zero attached hydrogens (tertiary/aromatic N) is 3. The Morgan fingerprint density at radius 2 is 2.00 bits per heavy atom. The minimum absolute atomic E-state index is 0.0735. The van der Waals surface area contributed by atoms with Crippen molar-refractivity contribution in [3.8, 4) is 22.8 Å². The molecule has 8 heteroatoms. The van der Waals surface area contributed by atoms with Gasteiger partial charge in [-0.3, -0.25) is 14.3 Å². The molecule has 3 aromatic rings. The second-order valence-electron chi connectivity index (χ2n) is 4.83. The van der Waals surface area contributed by atoms with Crippen LogP contribution in [-0.2, 0) is 0 Å². The number of methoxy groups -OCH3 is 1. The van der Waals surface area contributed by atoms with E-state index in [0.29, 0.717) is 11.5 Å². The van der Waals surface area contributed by atoms with Crippen molar-refractivity contribution >= 4 is 5.91 Å². The minimum atomic E-state index is -1.10. The van der Waals surface area contributed by atoms with Crippen LogP contribution in [0.5, 0.6) is 5.75 Å². The van der Waals surface area contributed by atoms with Crippen LogP contribution in [0, 0.1) is 11.6 Å². The highest BCUT2D eigenvalue weighted by Gasteiger charge is 2.19. The van der Waals surface area contributed by atoms with Gasteiger partial charge in [-0.05, 0) is 24.3 Å². The molecule has 2 N–H and O–H groups in total. The van der Waals surface area contributed by atoms with Crippen molar-refractivity contribution in [2.75, 3.05) is 7.11 Å². The second kappa shape index (κ2) is 6.07. The average Bonchev–Trinajstić information content (AvgIpc) is 3.06. The van der Waals surface area contributed by atoms with Gasteiger partial charge in [0.15, 0.2) is 11.6 Å². The molecule has 24 heavy (non-hydrogen) atoms. The molecular weight excluding hydrogens is 318 g/mol. The molecule has 0 aliphatic heterocycles. The highest BCUT2D eigenvalue weighted by atomic mass is 19.2. The predicted molar refractivity (Wildman–Crippen MR) is 81.8 cm³/mol. The number of hydrogen-bond acceptors (Lipinski definition) is 4. The van der Waals surface area contributed by atoms with Gasteiger partial charge in [0.05, 0.1) is 18.4 Å². The summed E-state index contributed by atoms with van der Waals surface area (Å²) in [5.74, 6) is -2.74. The van der Waals surface area contributed by atoms with Crippen LogP contribution < -0.4 is 10.5 Å². The van der Waals surface area contributed by atoms with Gasteiger partial charge < -0.3 is 10.5 Å². The number of pyridine rings is 1. The topological polar surface area (TPSA) is 83.0 Å². The summed E-state index contributed by atoms with van der Waals surface area (Å²) >= 11 is 0. The first-order valence-electron chi connectivity index (χ1n) is 6.85. The normalized spacial score (nSPS) is 10.6. The van der Waals surface area contributed by atoms with Crippen molar-refractivity contribution in [1.82, 2.24) is 14.5 Å². The Morgan fingerprint density at radius 1 is 1.21 bits per heavy atom. The van der Waals surface area contributed by atoms with E-state index in [0.717, 1.165) is 6.07 Å². The maximum absolute atomic E-state index is 14.0. The fourth-order valence-corrected chi connectivity index (χ4v) is 2.32. The maximum atomic E-state index is 14.0. The summed E-state index contributed by atoms with van der Waals surface area (Å²) in [6, 6.07) is 5.46. The van der Waals surface area contributed by atoms with Crippen LogP contribution in [0.4, 0.5) is 8.78 Å². The number of rotatable bonds is 4. The van der Waals surface area contributed by atoms with E-state index in [1.807, 2.05) is 0 Å². The molecule has 6 nitrogen and oxygen atoms in total. The average molecular weight is 330 g/mol. The van der Waals surface area contributed by atoms with Gasteiger partial charge in [0, 0.05) is 18.6 Å². The third-order valence-electron chi connectivity index (χ3n) is 3.41. The Bertz CT molecular complexity index is 924. The van der Waals surface area contributed by atoms with Crippen LogP contribution in [0.15, 0.2) is 42.9 Å². The third-order valence-corrected chi connectivity index (χ3v) is 3.41. The molecule has 3 rings (SSSR count). The molecule has 1 aromatic carbocycles. The van der Waals surface area contributed by atoms with E-state index in [9.17, 15) is 13.6 Å². The summed E-state index contributed by atoms with van der Waals surface area (Å²) in [4.78, 5) is 19.3. The van der Waals surface area contributed by atoms with E-state index in [1.165, 1.54) is 31.6 Å². The van der Waals surface area contributed by atoms with Gasteiger partial charge in [-0.15, -0.1) is 0 Å². The van der Waals surface area contributed by atoms with Crippen molar-refractivity contribution in [3.05, 3.63) is 60.2 Å². The first-order valence-corrected chi connectivity index (χ1v) is 6.85. The summed E-state index contributed by atoms with van der Waals surface area (Å²) in [6.07, 6.45) is 4.51. The molecule has 0 fully saturated rings.